The number of carbonyl (C=O) groups excluding carboxylic acids is 2. The third kappa shape index (κ3) is 3.46. The quantitative estimate of drug-likeness (QED) is 0.767. The second-order valence-corrected chi connectivity index (χ2v) is 10.5. The van der Waals surface area contributed by atoms with Gasteiger partial charge >= 0.3 is 0 Å². The van der Waals surface area contributed by atoms with E-state index in [4.69, 9.17) is 0 Å². The molecule has 3 saturated carbocycles. The molecule has 0 radical (unpaired) electrons. The van der Waals surface area contributed by atoms with Crippen LogP contribution in [0, 0.1) is 11.3 Å². The van der Waals surface area contributed by atoms with E-state index in [0.717, 1.165) is 44.9 Å². The Labute approximate surface area is 163 Å². The van der Waals surface area contributed by atoms with E-state index in [-0.39, 0.29) is 16.7 Å². The molecule has 0 saturated heterocycles. The van der Waals surface area contributed by atoms with E-state index in [9.17, 15) is 9.59 Å². The summed E-state index contributed by atoms with van der Waals surface area (Å²) in [4.78, 5) is 26.5. The monoisotopic (exact) mass is 367 g/mol. The van der Waals surface area contributed by atoms with Gasteiger partial charge in [-0.3, -0.25) is 9.59 Å². The second kappa shape index (κ2) is 6.46. The van der Waals surface area contributed by atoms with Gasteiger partial charge in [0.15, 0.2) is 0 Å². The molecule has 0 unspecified atom stereocenters. The van der Waals surface area contributed by atoms with Crippen LogP contribution in [-0.2, 0) is 15.0 Å². The standard InChI is InChI=1S/C24H33NO2/c1-23(2,3)19-7-5-6-16(10-19)17-11-20(12-17)25(4)22(27)18-13-24(14-18)9-8-21(26)15-24/h5-7,10,17-18,20H,8-9,11-15H2,1-4H3. The zero-order chi connectivity index (χ0) is 19.4. The lowest BCUT2D eigenvalue weighted by Crippen LogP contribution is -2.51. The highest BCUT2D eigenvalue weighted by Crippen LogP contribution is 2.56. The first kappa shape index (κ1) is 18.7. The van der Waals surface area contributed by atoms with Crippen LogP contribution in [-0.4, -0.2) is 29.7 Å². The lowest BCUT2D eigenvalue weighted by molar-refractivity contribution is -0.146. The third-order valence-corrected chi connectivity index (χ3v) is 7.45. The number of benzene rings is 1. The Hall–Kier alpha value is -1.64. The number of carbonyl (C=O) groups is 2. The van der Waals surface area contributed by atoms with Crippen LogP contribution in [0.4, 0.5) is 0 Å². The summed E-state index contributed by atoms with van der Waals surface area (Å²) >= 11 is 0. The summed E-state index contributed by atoms with van der Waals surface area (Å²) in [7, 11) is 1.99. The van der Waals surface area contributed by atoms with Crippen LogP contribution in [0.3, 0.4) is 0 Å². The van der Waals surface area contributed by atoms with E-state index in [1.54, 1.807) is 0 Å². The van der Waals surface area contributed by atoms with Gasteiger partial charge in [0, 0.05) is 31.8 Å². The molecule has 3 aliphatic rings. The SMILES string of the molecule is CN(C(=O)C1CC2(CCC(=O)C2)C1)C1CC(c2cccc(C(C)(C)C)c2)C1. The predicted molar refractivity (Wildman–Crippen MR) is 108 cm³/mol. The summed E-state index contributed by atoms with van der Waals surface area (Å²) < 4.78 is 0. The number of hydrogen-bond donors (Lipinski definition) is 0. The van der Waals surface area contributed by atoms with Crippen molar-refractivity contribution in [3.05, 3.63) is 35.4 Å². The molecule has 3 aliphatic carbocycles. The lowest BCUT2D eigenvalue weighted by atomic mass is 9.60. The Morgan fingerprint density at radius 1 is 1.19 bits per heavy atom. The first-order valence-electron chi connectivity index (χ1n) is 10.6. The topological polar surface area (TPSA) is 37.4 Å². The minimum Gasteiger partial charge on any atom is -0.342 e. The second-order valence-electron chi connectivity index (χ2n) is 10.5. The molecule has 3 fully saturated rings. The highest BCUT2D eigenvalue weighted by atomic mass is 16.2. The summed E-state index contributed by atoms with van der Waals surface area (Å²) in [5, 5.41) is 0. The van der Waals surface area contributed by atoms with Crippen LogP contribution < -0.4 is 0 Å². The molecule has 146 valence electrons. The fourth-order valence-corrected chi connectivity index (χ4v) is 5.41. The Kier molecular flexibility index (Phi) is 4.48. The third-order valence-electron chi connectivity index (χ3n) is 7.45. The van der Waals surface area contributed by atoms with Crippen molar-refractivity contribution in [2.75, 3.05) is 7.05 Å². The van der Waals surface area contributed by atoms with Gasteiger partial charge in [-0.1, -0.05) is 45.0 Å². The van der Waals surface area contributed by atoms with Crippen LogP contribution in [0.1, 0.15) is 82.8 Å². The highest BCUT2D eigenvalue weighted by Gasteiger charge is 2.52. The molecule has 4 rings (SSSR count). The normalized spacial score (nSPS) is 32.9. The molecule has 3 heteroatoms. The Bertz CT molecular complexity index is 748. The van der Waals surface area contributed by atoms with Gasteiger partial charge in [0.1, 0.15) is 5.78 Å². The molecule has 1 spiro atoms. The van der Waals surface area contributed by atoms with Crippen molar-refractivity contribution in [1.82, 2.24) is 4.90 Å². The fraction of sp³-hybridized carbons (Fsp3) is 0.667. The fourth-order valence-electron chi connectivity index (χ4n) is 5.41. The van der Waals surface area contributed by atoms with E-state index < -0.39 is 0 Å². The number of ketones is 1. The number of hydrogen-bond acceptors (Lipinski definition) is 2. The van der Waals surface area contributed by atoms with Crippen molar-refractivity contribution in [1.29, 1.82) is 0 Å². The molecule has 3 nitrogen and oxygen atoms in total. The number of nitrogens with zero attached hydrogens (tertiary/aromatic N) is 1. The molecule has 1 amide bonds. The van der Waals surface area contributed by atoms with Crippen LogP contribution in [0.25, 0.3) is 0 Å². The molecule has 27 heavy (non-hydrogen) atoms. The molecule has 0 aromatic heterocycles. The molecule has 0 N–H and O–H groups in total. The predicted octanol–water partition coefficient (Wildman–Crippen LogP) is 4.84. The first-order valence-corrected chi connectivity index (χ1v) is 10.6. The van der Waals surface area contributed by atoms with Gasteiger partial charge in [-0.15, -0.1) is 0 Å². The van der Waals surface area contributed by atoms with Gasteiger partial charge in [-0.2, -0.15) is 0 Å². The van der Waals surface area contributed by atoms with Crippen LogP contribution in [0.5, 0.6) is 0 Å². The van der Waals surface area contributed by atoms with Gasteiger partial charge in [0.2, 0.25) is 5.91 Å². The highest BCUT2D eigenvalue weighted by molar-refractivity contribution is 5.84. The molecule has 0 heterocycles. The first-order chi connectivity index (χ1) is 12.7. The van der Waals surface area contributed by atoms with Crippen molar-refractivity contribution in [3.8, 4) is 0 Å². The average molecular weight is 368 g/mol. The molecule has 0 atom stereocenters. The summed E-state index contributed by atoms with van der Waals surface area (Å²) in [6.45, 7) is 6.77. The summed E-state index contributed by atoms with van der Waals surface area (Å²) in [5.41, 5.74) is 3.17. The maximum atomic E-state index is 12.9. The van der Waals surface area contributed by atoms with E-state index in [1.807, 2.05) is 11.9 Å². The lowest BCUT2D eigenvalue weighted by Gasteiger charge is -2.48. The minimum atomic E-state index is 0.157. The molecular formula is C24H33NO2. The largest absolute Gasteiger partial charge is 0.342 e. The van der Waals surface area contributed by atoms with Gasteiger partial charge in [-0.05, 0) is 60.0 Å². The van der Waals surface area contributed by atoms with Crippen molar-refractivity contribution in [2.45, 2.75) is 83.1 Å². The molecule has 1 aromatic rings. The Morgan fingerprint density at radius 3 is 2.48 bits per heavy atom. The van der Waals surface area contributed by atoms with E-state index in [0.29, 0.717) is 23.7 Å². The van der Waals surface area contributed by atoms with Crippen molar-refractivity contribution in [2.24, 2.45) is 11.3 Å². The smallest absolute Gasteiger partial charge is 0.225 e. The van der Waals surface area contributed by atoms with E-state index in [2.05, 4.69) is 45.0 Å². The van der Waals surface area contributed by atoms with Crippen molar-refractivity contribution in [3.63, 3.8) is 0 Å². The van der Waals surface area contributed by atoms with Crippen molar-refractivity contribution < 1.29 is 9.59 Å². The van der Waals surface area contributed by atoms with Crippen molar-refractivity contribution >= 4 is 11.7 Å². The zero-order valence-corrected chi connectivity index (χ0v) is 17.3. The van der Waals surface area contributed by atoms with E-state index in [1.165, 1.54) is 11.1 Å². The number of Topliss-reactive ketones (excluding diaryl/α,β-unsaturated/α-hetero) is 1. The zero-order valence-electron chi connectivity index (χ0n) is 17.3. The summed E-state index contributed by atoms with van der Waals surface area (Å²) in [6, 6.07) is 9.37. The number of rotatable bonds is 3. The summed E-state index contributed by atoms with van der Waals surface area (Å²) in [5.74, 6) is 1.44. The van der Waals surface area contributed by atoms with Gasteiger partial charge in [0.05, 0.1) is 0 Å². The van der Waals surface area contributed by atoms with Gasteiger partial charge in [0.25, 0.3) is 0 Å². The summed E-state index contributed by atoms with van der Waals surface area (Å²) in [6.07, 6.45) is 6.48. The molecular weight excluding hydrogens is 334 g/mol. The maximum absolute atomic E-state index is 12.9. The minimum absolute atomic E-state index is 0.157. The van der Waals surface area contributed by atoms with Crippen LogP contribution in [0.15, 0.2) is 24.3 Å². The molecule has 0 bridgehead atoms. The van der Waals surface area contributed by atoms with Crippen LogP contribution >= 0.6 is 0 Å². The van der Waals surface area contributed by atoms with Gasteiger partial charge < -0.3 is 4.90 Å². The van der Waals surface area contributed by atoms with Gasteiger partial charge in [-0.25, -0.2) is 0 Å². The van der Waals surface area contributed by atoms with E-state index >= 15 is 0 Å². The molecule has 1 aromatic carbocycles. The molecule has 0 aliphatic heterocycles. The average Bonchev–Trinajstić information content (AvgIpc) is 2.93. The number of amides is 1. The Morgan fingerprint density at radius 2 is 1.89 bits per heavy atom. The van der Waals surface area contributed by atoms with Crippen LogP contribution in [0.2, 0.25) is 0 Å². The maximum Gasteiger partial charge on any atom is 0.225 e. The Balaban J connectivity index is 1.31.